The third kappa shape index (κ3) is 11.3. The van der Waals surface area contributed by atoms with E-state index < -0.39 is 0 Å². The van der Waals surface area contributed by atoms with Crippen LogP contribution in [0.3, 0.4) is 0 Å². The van der Waals surface area contributed by atoms with E-state index in [-0.39, 0.29) is 0 Å². The topological polar surface area (TPSA) is 0 Å². The summed E-state index contributed by atoms with van der Waals surface area (Å²) in [6.45, 7) is 11.8. The summed E-state index contributed by atoms with van der Waals surface area (Å²) in [6, 6.07) is 0. The molecule has 0 heteroatoms. The monoisotopic (exact) mass is 351 g/mol. The molecule has 0 heterocycles. The molecule has 0 spiro atoms. The maximum atomic E-state index is 2.42. The fraction of sp³-hybridized carbons (Fsp3) is 0.960. The smallest absolute Gasteiger partial charge is 0.0179 e. The first-order valence-corrected chi connectivity index (χ1v) is 12.1. The number of hydrogen-bond acceptors (Lipinski definition) is 0. The average molecular weight is 352 g/mol. The van der Waals surface area contributed by atoms with Crippen LogP contribution >= 0.6 is 0 Å². The third-order valence-corrected chi connectivity index (χ3v) is 6.16. The van der Waals surface area contributed by atoms with Crippen LogP contribution in [0.2, 0.25) is 0 Å². The highest BCUT2D eigenvalue weighted by molar-refractivity contribution is 5.06. The molecule has 25 heavy (non-hydrogen) atoms. The highest BCUT2D eigenvalue weighted by Crippen LogP contribution is 2.49. The van der Waals surface area contributed by atoms with Crippen LogP contribution in [0.25, 0.3) is 0 Å². The second-order valence-electron chi connectivity index (χ2n) is 8.46. The molecule has 0 fully saturated rings. The summed E-state index contributed by atoms with van der Waals surface area (Å²) >= 11 is 0. The average Bonchev–Trinajstić information content (AvgIpc) is 2.62. The largest absolute Gasteiger partial charge is 0.0654 e. The molecule has 1 atom stereocenters. The second-order valence-corrected chi connectivity index (χ2v) is 8.46. The van der Waals surface area contributed by atoms with Crippen molar-refractivity contribution in [3.63, 3.8) is 0 Å². The predicted molar refractivity (Wildman–Crippen MR) is 117 cm³/mol. The first-order chi connectivity index (χ1) is 12.2. The minimum atomic E-state index is 0.583. The zero-order chi connectivity index (χ0) is 18.8. The summed E-state index contributed by atoms with van der Waals surface area (Å²) in [7, 11) is 0. The minimum Gasteiger partial charge on any atom is -0.0654 e. The first kappa shape index (κ1) is 25.0. The van der Waals surface area contributed by atoms with Gasteiger partial charge in [-0.05, 0) is 43.4 Å². The Labute approximate surface area is 161 Å². The van der Waals surface area contributed by atoms with Crippen LogP contribution in [0.5, 0.6) is 0 Å². The standard InChI is InChI=1S/C25H51/c1-6-11-15-17-20-24(19-16-12-7-2)25(21-10-5,22-14-9-4)23-18-13-8-3/h6-23H2,1-5H3. The van der Waals surface area contributed by atoms with E-state index in [1.54, 1.807) is 0 Å². The van der Waals surface area contributed by atoms with E-state index in [4.69, 9.17) is 0 Å². The molecule has 0 amide bonds. The fourth-order valence-electron chi connectivity index (χ4n) is 4.62. The van der Waals surface area contributed by atoms with E-state index in [1.807, 2.05) is 5.92 Å². The highest BCUT2D eigenvalue weighted by atomic mass is 14.4. The lowest BCUT2D eigenvalue weighted by Crippen LogP contribution is -2.30. The maximum Gasteiger partial charge on any atom is -0.0179 e. The van der Waals surface area contributed by atoms with E-state index in [0.717, 1.165) is 0 Å². The first-order valence-electron chi connectivity index (χ1n) is 12.1. The molecule has 0 aromatic carbocycles. The summed E-state index contributed by atoms with van der Waals surface area (Å²) in [4.78, 5) is 0. The highest BCUT2D eigenvalue weighted by Gasteiger charge is 2.36. The van der Waals surface area contributed by atoms with Gasteiger partial charge in [0.1, 0.15) is 0 Å². The van der Waals surface area contributed by atoms with Crippen LogP contribution in [0.15, 0.2) is 0 Å². The lowest BCUT2D eigenvalue weighted by molar-refractivity contribution is 0.195. The van der Waals surface area contributed by atoms with Crippen molar-refractivity contribution >= 4 is 0 Å². The third-order valence-electron chi connectivity index (χ3n) is 6.16. The Morgan fingerprint density at radius 1 is 0.440 bits per heavy atom. The maximum absolute atomic E-state index is 2.42. The van der Waals surface area contributed by atoms with Gasteiger partial charge < -0.3 is 0 Å². The van der Waals surface area contributed by atoms with Crippen LogP contribution in [-0.2, 0) is 0 Å². The quantitative estimate of drug-likeness (QED) is 0.203. The molecular weight excluding hydrogens is 300 g/mol. The molecule has 0 aliphatic carbocycles. The number of hydrogen-bond donors (Lipinski definition) is 0. The summed E-state index contributed by atoms with van der Waals surface area (Å²) < 4.78 is 0. The Morgan fingerprint density at radius 3 is 1.48 bits per heavy atom. The summed E-state index contributed by atoms with van der Waals surface area (Å²) in [5.74, 6) is 1.99. The zero-order valence-corrected chi connectivity index (χ0v) is 18.7. The van der Waals surface area contributed by atoms with Gasteiger partial charge in [0.2, 0.25) is 0 Å². The molecule has 0 rings (SSSR count). The Kier molecular flexibility index (Phi) is 17.4. The van der Waals surface area contributed by atoms with Crippen molar-refractivity contribution in [1.82, 2.24) is 0 Å². The second kappa shape index (κ2) is 17.4. The molecule has 1 unspecified atom stereocenters. The lowest BCUT2D eigenvalue weighted by atomic mass is 9.63. The Hall–Kier alpha value is 0. The number of unbranched alkanes of at least 4 members (excludes halogenated alkanes) is 8. The van der Waals surface area contributed by atoms with Crippen molar-refractivity contribution in [2.24, 2.45) is 5.41 Å². The summed E-state index contributed by atoms with van der Waals surface area (Å²) in [5, 5.41) is 0. The molecule has 0 aromatic rings. The van der Waals surface area contributed by atoms with E-state index in [2.05, 4.69) is 34.6 Å². The van der Waals surface area contributed by atoms with Gasteiger partial charge in [0.25, 0.3) is 0 Å². The lowest BCUT2D eigenvalue weighted by Gasteiger charge is -2.42. The SMILES string of the molecule is CCCCCC[C](CCCCC)C(CCC)(CCCC)CCCCC. The molecule has 1 radical (unpaired) electrons. The zero-order valence-electron chi connectivity index (χ0n) is 18.7. The summed E-state index contributed by atoms with van der Waals surface area (Å²) in [6.07, 6.45) is 25.5. The van der Waals surface area contributed by atoms with E-state index in [0.29, 0.717) is 5.41 Å². The molecule has 151 valence electrons. The predicted octanol–water partition coefficient (Wildman–Crippen LogP) is 9.67. The normalized spacial score (nSPS) is 14.2. The van der Waals surface area contributed by atoms with Gasteiger partial charge in [-0.25, -0.2) is 0 Å². The minimum absolute atomic E-state index is 0.583. The molecular formula is C25H51. The molecule has 0 saturated carbocycles. The van der Waals surface area contributed by atoms with Crippen molar-refractivity contribution in [3.05, 3.63) is 5.92 Å². The Bertz CT molecular complexity index is 257. The molecule has 0 nitrogen and oxygen atoms in total. The van der Waals surface area contributed by atoms with Gasteiger partial charge in [0, 0.05) is 0 Å². The van der Waals surface area contributed by atoms with Gasteiger partial charge in [-0.3, -0.25) is 0 Å². The van der Waals surface area contributed by atoms with Crippen LogP contribution in [0.4, 0.5) is 0 Å². The number of rotatable bonds is 19. The van der Waals surface area contributed by atoms with Crippen molar-refractivity contribution in [2.45, 2.75) is 150 Å². The van der Waals surface area contributed by atoms with Gasteiger partial charge >= 0.3 is 0 Å². The van der Waals surface area contributed by atoms with Gasteiger partial charge in [0.15, 0.2) is 0 Å². The van der Waals surface area contributed by atoms with Crippen molar-refractivity contribution in [1.29, 1.82) is 0 Å². The van der Waals surface area contributed by atoms with Gasteiger partial charge in [-0.1, -0.05) is 118 Å². The van der Waals surface area contributed by atoms with Crippen LogP contribution in [0, 0.1) is 11.3 Å². The van der Waals surface area contributed by atoms with E-state index >= 15 is 0 Å². The van der Waals surface area contributed by atoms with Crippen molar-refractivity contribution in [3.8, 4) is 0 Å². The van der Waals surface area contributed by atoms with E-state index in [9.17, 15) is 0 Å². The van der Waals surface area contributed by atoms with Crippen LogP contribution in [0.1, 0.15) is 150 Å². The van der Waals surface area contributed by atoms with Crippen LogP contribution < -0.4 is 0 Å². The molecule has 0 aromatic heterocycles. The van der Waals surface area contributed by atoms with E-state index in [1.165, 1.54) is 116 Å². The molecule has 0 saturated heterocycles. The Balaban J connectivity index is 5.09. The van der Waals surface area contributed by atoms with Gasteiger partial charge in [-0.2, -0.15) is 0 Å². The summed E-state index contributed by atoms with van der Waals surface area (Å²) in [5.41, 5.74) is 0.583. The van der Waals surface area contributed by atoms with Crippen LogP contribution in [-0.4, -0.2) is 0 Å². The van der Waals surface area contributed by atoms with Gasteiger partial charge in [0.05, 0.1) is 0 Å². The molecule has 0 N–H and O–H groups in total. The molecule has 0 bridgehead atoms. The molecule has 0 aliphatic heterocycles. The van der Waals surface area contributed by atoms with Crippen molar-refractivity contribution in [2.75, 3.05) is 0 Å². The Morgan fingerprint density at radius 2 is 0.920 bits per heavy atom. The van der Waals surface area contributed by atoms with Gasteiger partial charge in [-0.15, -0.1) is 0 Å². The fourth-order valence-corrected chi connectivity index (χ4v) is 4.62. The molecule has 0 aliphatic rings. The van der Waals surface area contributed by atoms with Crippen molar-refractivity contribution < 1.29 is 0 Å².